The van der Waals surface area contributed by atoms with E-state index in [9.17, 15) is 19.1 Å². The average Bonchev–Trinajstić information content (AvgIpc) is 2.83. The van der Waals surface area contributed by atoms with E-state index in [1.165, 1.54) is 24.1 Å². The number of benzene rings is 2. The monoisotopic (exact) mass is 398 g/mol. The van der Waals surface area contributed by atoms with Gasteiger partial charge >= 0.3 is 5.97 Å². The molecule has 0 spiro atoms. The molecule has 29 heavy (non-hydrogen) atoms. The van der Waals surface area contributed by atoms with Gasteiger partial charge in [-0.05, 0) is 48.4 Å². The van der Waals surface area contributed by atoms with Gasteiger partial charge in [-0.25, -0.2) is 4.39 Å². The summed E-state index contributed by atoms with van der Waals surface area (Å²) >= 11 is 0. The second-order valence-electron chi connectivity index (χ2n) is 7.02. The molecular formula is C22H23FN2O4. The molecule has 1 N–H and O–H groups in total. The molecule has 6 nitrogen and oxygen atoms in total. The molecular weight excluding hydrogens is 375 g/mol. The molecule has 0 fully saturated rings. The van der Waals surface area contributed by atoms with Crippen molar-refractivity contribution in [2.75, 3.05) is 18.6 Å². The molecule has 0 aliphatic carbocycles. The van der Waals surface area contributed by atoms with Crippen LogP contribution in [0.5, 0.6) is 5.75 Å². The third kappa shape index (κ3) is 4.13. The summed E-state index contributed by atoms with van der Waals surface area (Å²) in [6.45, 7) is 3.38. The molecule has 0 radical (unpaired) electrons. The Bertz CT molecular complexity index is 956. The van der Waals surface area contributed by atoms with Crippen LogP contribution < -0.4 is 9.64 Å². The molecule has 1 aliphatic rings. The predicted octanol–water partition coefficient (Wildman–Crippen LogP) is 3.52. The number of hydrogen-bond acceptors (Lipinski definition) is 4. The van der Waals surface area contributed by atoms with Gasteiger partial charge in [-0.1, -0.05) is 20.3 Å². The summed E-state index contributed by atoms with van der Waals surface area (Å²) in [5.74, 6) is -1.43. The highest BCUT2D eigenvalue weighted by Gasteiger charge is 2.35. The summed E-state index contributed by atoms with van der Waals surface area (Å²) < 4.78 is 18.8. The number of carbonyl (C=O) groups excluding carboxylic acids is 1. The van der Waals surface area contributed by atoms with Crippen LogP contribution in [-0.2, 0) is 9.59 Å². The number of rotatable bonds is 6. The number of aliphatic carboxylic acids is 1. The quantitative estimate of drug-likeness (QED) is 0.808. The fraction of sp³-hybridized carbons (Fsp3) is 0.318. The number of anilines is 1. The molecule has 0 aromatic heterocycles. The van der Waals surface area contributed by atoms with Crippen LogP contribution in [0, 0.1) is 11.7 Å². The summed E-state index contributed by atoms with van der Waals surface area (Å²) in [4.78, 5) is 30.8. The molecule has 1 aliphatic heterocycles. The van der Waals surface area contributed by atoms with E-state index in [0.29, 0.717) is 34.7 Å². The lowest BCUT2D eigenvalue weighted by atomic mass is 9.97. The minimum atomic E-state index is -1.12. The Morgan fingerprint density at radius 3 is 2.55 bits per heavy atom. The van der Waals surface area contributed by atoms with Crippen LogP contribution >= 0.6 is 0 Å². The number of nitrogens with zero attached hydrogens (tertiary/aromatic N) is 2. The van der Waals surface area contributed by atoms with Gasteiger partial charge in [-0.3, -0.25) is 19.5 Å². The molecule has 2 atom stereocenters. The molecule has 1 amide bonds. The van der Waals surface area contributed by atoms with Gasteiger partial charge in [0.25, 0.3) is 5.91 Å². The number of benzodiazepines with no additional fused rings is 1. The van der Waals surface area contributed by atoms with E-state index in [-0.39, 0.29) is 17.6 Å². The van der Waals surface area contributed by atoms with E-state index in [1.54, 1.807) is 30.3 Å². The zero-order valence-electron chi connectivity index (χ0n) is 16.6. The van der Waals surface area contributed by atoms with Crippen molar-refractivity contribution in [2.45, 2.75) is 26.3 Å². The van der Waals surface area contributed by atoms with Gasteiger partial charge in [0.1, 0.15) is 24.2 Å². The number of fused-ring (bicyclic) bond motifs is 1. The average molecular weight is 398 g/mol. The maximum atomic E-state index is 13.5. The van der Waals surface area contributed by atoms with Crippen LogP contribution in [0.1, 0.15) is 31.4 Å². The van der Waals surface area contributed by atoms with Crippen molar-refractivity contribution in [3.8, 4) is 5.75 Å². The number of carboxylic acid groups (broad SMARTS) is 1. The smallest absolute Gasteiger partial charge is 0.323 e. The summed E-state index contributed by atoms with van der Waals surface area (Å²) in [6, 6.07) is 10.2. The molecule has 7 heteroatoms. The van der Waals surface area contributed by atoms with Gasteiger partial charge in [0.15, 0.2) is 0 Å². The highest BCUT2D eigenvalue weighted by molar-refractivity contribution is 6.20. The van der Waals surface area contributed by atoms with Crippen molar-refractivity contribution in [1.29, 1.82) is 0 Å². The molecule has 0 unspecified atom stereocenters. The van der Waals surface area contributed by atoms with Gasteiger partial charge in [0.05, 0.1) is 18.5 Å². The highest BCUT2D eigenvalue weighted by Crippen LogP contribution is 2.33. The van der Waals surface area contributed by atoms with Crippen molar-refractivity contribution in [3.05, 3.63) is 59.4 Å². The third-order valence-electron chi connectivity index (χ3n) is 5.13. The number of halogens is 1. The standard InChI is InChI=1S/C22H23FN2O4/c1-4-13(2)20-22(28)25(12-19(26)27)18-10-9-16(29-3)11-17(18)21(24-20)14-5-7-15(23)8-6-14/h5-11,13,20H,4,12H2,1-3H3,(H,26,27)/t13-,20-/m0/s1. The maximum absolute atomic E-state index is 13.5. The van der Waals surface area contributed by atoms with Crippen molar-refractivity contribution < 1.29 is 23.8 Å². The molecule has 2 aromatic carbocycles. The Morgan fingerprint density at radius 2 is 1.97 bits per heavy atom. The second kappa shape index (κ2) is 8.43. The van der Waals surface area contributed by atoms with Gasteiger partial charge in [0, 0.05) is 11.1 Å². The fourth-order valence-electron chi connectivity index (χ4n) is 3.34. The highest BCUT2D eigenvalue weighted by atomic mass is 19.1. The molecule has 0 saturated carbocycles. The SMILES string of the molecule is CC[C@H](C)[C@@H]1N=C(c2ccc(F)cc2)c2cc(OC)ccc2N(CC(=O)O)C1=O. The summed E-state index contributed by atoms with van der Waals surface area (Å²) in [7, 11) is 1.52. The maximum Gasteiger partial charge on any atom is 0.323 e. The zero-order valence-corrected chi connectivity index (χ0v) is 16.6. The van der Waals surface area contributed by atoms with Crippen molar-refractivity contribution in [2.24, 2.45) is 10.9 Å². The number of carboxylic acids is 1. The van der Waals surface area contributed by atoms with E-state index in [1.807, 2.05) is 13.8 Å². The largest absolute Gasteiger partial charge is 0.497 e. The fourth-order valence-corrected chi connectivity index (χ4v) is 3.34. The molecule has 0 bridgehead atoms. The first kappa shape index (κ1) is 20.5. The van der Waals surface area contributed by atoms with Crippen LogP contribution in [0.3, 0.4) is 0 Å². The Labute approximate surface area is 168 Å². The van der Waals surface area contributed by atoms with Gasteiger partial charge in [0.2, 0.25) is 0 Å². The first-order valence-electron chi connectivity index (χ1n) is 9.41. The zero-order chi connectivity index (χ0) is 21.1. The third-order valence-corrected chi connectivity index (χ3v) is 5.13. The van der Waals surface area contributed by atoms with Crippen LogP contribution in [0.15, 0.2) is 47.5 Å². The van der Waals surface area contributed by atoms with Crippen LogP contribution in [-0.4, -0.2) is 42.4 Å². The molecule has 2 aromatic rings. The second-order valence-corrected chi connectivity index (χ2v) is 7.02. The lowest BCUT2D eigenvalue weighted by Crippen LogP contribution is -2.43. The topological polar surface area (TPSA) is 79.2 Å². The Kier molecular flexibility index (Phi) is 5.96. The number of amides is 1. The lowest BCUT2D eigenvalue weighted by molar-refractivity contribution is -0.136. The van der Waals surface area contributed by atoms with E-state index in [4.69, 9.17) is 9.73 Å². The summed E-state index contributed by atoms with van der Waals surface area (Å²) in [5, 5.41) is 9.40. The number of hydrogen-bond donors (Lipinski definition) is 1. The predicted molar refractivity (Wildman–Crippen MR) is 108 cm³/mol. The van der Waals surface area contributed by atoms with E-state index in [2.05, 4.69) is 0 Å². The van der Waals surface area contributed by atoms with Crippen molar-refractivity contribution in [3.63, 3.8) is 0 Å². The lowest BCUT2D eigenvalue weighted by Gasteiger charge is -2.25. The minimum Gasteiger partial charge on any atom is -0.497 e. The van der Waals surface area contributed by atoms with Gasteiger partial charge in [-0.2, -0.15) is 0 Å². The molecule has 3 rings (SSSR count). The van der Waals surface area contributed by atoms with Crippen molar-refractivity contribution in [1.82, 2.24) is 0 Å². The van der Waals surface area contributed by atoms with Gasteiger partial charge in [-0.15, -0.1) is 0 Å². The minimum absolute atomic E-state index is 0.106. The summed E-state index contributed by atoms with van der Waals surface area (Å²) in [6.07, 6.45) is 0.692. The number of carbonyl (C=O) groups is 2. The van der Waals surface area contributed by atoms with Crippen LogP contribution in [0.2, 0.25) is 0 Å². The van der Waals surface area contributed by atoms with E-state index < -0.39 is 18.6 Å². The number of aliphatic imine (C=N–C) groups is 1. The van der Waals surface area contributed by atoms with Crippen LogP contribution in [0.25, 0.3) is 0 Å². The molecule has 0 saturated heterocycles. The Balaban J connectivity index is 2.28. The number of methoxy groups -OCH3 is 1. The van der Waals surface area contributed by atoms with E-state index >= 15 is 0 Å². The Morgan fingerprint density at radius 1 is 1.28 bits per heavy atom. The summed E-state index contributed by atoms with van der Waals surface area (Å²) in [5.41, 5.74) is 2.15. The molecule has 1 heterocycles. The normalized spacial score (nSPS) is 17.2. The van der Waals surface area contributed by atoms with Crippen LogP contribution in [0.4, 0.5) is 10.1 Å². The number of ether oxygens (including phenoxy) is 1. The van der Waals surface area contributed by atoms with Gasteiger partial charge < -0.3 is 9.84 Å². The Hall–Kier alpha value is -3.22. The van der Waals surface area contributed by atoms with E-state index in [0.717, 1.165) is 0 Å². The first-order chi connectivity index (χ1) is 13.8. The molecule has 152 valence electrons. The first-order valence-corrected chi connectivity index (χ1v) is 9.41. The van der Waals surface area contributed by atoms with Crippen molar-refractivity contribution >= 4 is 23.3 Å².